The molecule has 0 radical (unpaired) electrons. The third kappa shape index (κ3) is 3.55. The molecule has 2 rings (SSSR count). The number of hydrogen-bond acceptors (Lipinski definition) is 3. The van der Waals surface area contributed by atoms with Gasteiger partial charge >= 0.3 is 11.7 Å². The van der Waals surface area contributed by atoms with E-state index in [1.165, 1.54) is 18.9 Å². The topological polar surface area (TPSA) is 106 Å². The number of imidazole rings is 1. The Bertz CT molecular complexity index is 747. The van der Waals surface area contributed by atoms with E-state index in [-0.39, 0.29) is 18.0 Å². The molecule has 0 aliphatic rings. The van der Waals surface area contributed by atoms with Gasteiger partial charge in [-0.05, 0) is 37.5 Å². The molecule has 1 aromatic carbocycles. The summed E-state index contributed by atoms with van der Waals surface area (Å²) in [4.78, 5) is 40.5. The molecule has 1 heterocycles. The first-order valence-corrected chi connectivity index (χ1v) is 7.08. The van der Waals surface area contributed by atoms with Crippen LogP contribution < -0.4 is 5.69 Å². The van der Waals surface area contributed by atoms with E-state index in [0.29, 0.717) is 12.8 Å². The van der Waals surface area contributed by atoms with Crippen LogP contribution in [0, 0.1) is 0 Å². The van der Waals surface area contributed by atoms with Gasteiger partial charge in [0.25, 0.3) is 0 Å². The van der Waals surface area contributed by atoms with Gasteiger partial charge in [-0.3, -0.25) is 4.79 Å². The maximum atomic E-state index is 11.9. The third-order valence-corrected chi connectivity index (χ3v) is 3.77. The van der Waals surface area contributed by atoms with E-state index in [9.17, 15) is 14.4 Å². The SMILES string of the molecule is CC(C(=O)O)N(C)C(=O)CCCc1ccc2[nH]c(=O)[nH]c2c1. The molecule has 0 spiro atoms. The fourth-order valence-electron chi connectivity index (χ4n) is 2.24. The van der Waals surface area contributed by atoms with Crippen molar-refractivity contribution < 1.29 is 14.7 Å². The highest BCUT2D eigenvalue weighted by Crippen LogP contribution is 2.13. The first-order chi connectivity index (χ1) is 10.4. The minimum atomic E-state index is -1.02. The second-order valence-electron chi connectivity index (χ2n) is 5.33. The monoisotopic (exact) mass is 305 g/mol. The lowest BCUT2D eigenvalue weighted by Gasteiger charge is -2.21. The van der Waals surface area contributed by atoms with Gasteiger partial charge in [0.05, 0.1) is 11.0 Å². The van der Waals surface area contributed by atoms with Crippen LogP contribution in [0.2, 0.25) is 0 Å². The Morgan fingerprint density at radius 1 is 1.27 bits per heavy atom. The largest absolute Gasteiger partial charge is 0.480 e. The average Bonchev–Trinajstić information content (AvgIpc) is 2.84. The predicted molar refractivity (Wildman–Crippen MR) is 81.7 cm³/mol. The van der Waals surface area contributed by atoms with E-state index in [1.807, 2.05) is 18.2 Å². The molecule has 7 heteroatoms. The lowest BCUT2D eigenvalue weighted by molar-refractivity contribution is -0.148. The zero-order valence-corrected chi connectivity index (χ0v) is 12.5. The number of carboxylic acid groups (broad SMARTS) is 1. The molecule has 0 saturated carbocycles. The van der Waals surface area contributed by atoms with Crippen molar-refractivity contribution in [2.45, 2.75) is 32.2 Å². The molecule has 7 nitrogen and oxygen atoms in total. The molecule has 3 N–H and O–H groups in total. The molecule has 0 aliphatic heterocycles. The molecule has 118 valence electrons. The Kier molecular flexibility index (Phi) is 4.65. The Morgan fingerprint density at radius 3 is 2.64 bits per heavy atom. The summed E-state index contributed by atoms with van der Waals surface area (Å²) in [5, 5.41) is 8.88. The number of carbonyl (C=O) groups is 2. The van der Waals surface area contributed by atoms with E-state index < -0.39 is 12.0 Å². The van der Waals surface area contributed by atoms with Gasteiger partial charge in [-0.25, -0.2) is 9.59 Å². The van der Waals surface area contributed by atoms with Gasteiger partial charge in [-0.1, -0.05) is 6.07 Å². The van der Waals surface area contributed by atoms with Gasteiger partial charge < -0.3 is 20.0 Å². The molecule has 1 amide bonds. The van der Waals surface area contributed by atoms with Crippen LogP contribution in [0.5, 0.6) is 0 Å². The number of aryl methyl sites for hydroxylation is 1. The van der Waals surface area contributed by atoms with Crippen molar-refractivity contribution in [3.8, 4) is 0 Å². The molecule has 0 aliphatic carbocycles. The zero-order chi connectivity index (χ0) is 16.3. The van der Waals surface area contributed by atoms with Gasteiger partial charge in [-0.2, -0.15) is 0 Å². The number of fused-ring (bicyclic) bond motifs is 1. The highest BCUT2D eigenvalue weighted by molar-refractivity contribution is 5.83. The van der Waals surface area contributed by atoms with Gasteiger partial charge in [0, 0.05) is 13.5 Å². The molecular formula is C15H19N3O4. The number of aromatic nitrogens is 2. The van der Waals surface area contributed by atoms with Crippen molar-refractivity contribution in [2.24, 2.45) is 0 Å². The fraction of sp³-hybridized carbons (Fsp3) is 0.400. The maximum Gasteiger partial charge on any atom is 0.326 e. The predicted octanol–water partition coefficient (Wildman–Crippen LogP) is 1.11. The number of hydrogen-bond donors (Lipinski definition) is 3. The summed E-state index contributed by atoms with van der Waals surface area (Å²) in [5.41, 5.74) is 2.27. The van der Waals surface area contributed by atoms with Gasteiger partial charge in [0.1, 0.15) is 6.04 Å². The van der Waals surface area contributed by atoms with E-state index in [0.717, 1.165) is 16.6 Å². The van der Waals surface area contributed by atoms with E-state index >= 15 is 0 Å². The number of rotatable bonds is 6. The van der Waals surface area contributed by atoms with Crippen molar-refractivity contribution in [3.05, 3.63) is 34.2 Å². The molecule has 22 heavy (non-hydrogen) atoms. The summed E-state index contributed by atoms with van der Waals surface area (Å²) in [5.74, 6) is -1.20. The number of carboxylic acids is 1. The summed E-state index contributed by atoms with van der Waals surface area (Å²) in [6.07, 6.45) is 1.59. The Morgan fingerprint density at radius 2 is 1.95 bits per heavy atom. The number of benzene rings is 1. The van der Waals surface area contributed by atoms with Crippen molar-refractivity contribution in [3.63, 3.8) is 0 Å². The van der Waals surface area contributed by atoms with Crippen LogP contribution >= 0.6 is 0 Å². The molecule has 1 aromatic heterocycles. The number of carbonyl (C=O) groups excluding carboxylic acids is 1. The maximum absolute atomic E-state index is 11.9. The fourth-order valence-corrected chi connectivity index (χ4v) is 2.24. The van der Waals surface area contributed by atoms with Crippen LogP contribution in [0.25, 0.3) is 11.0 Å². The molecule has 0 bridgehead atoms. The van der Waals surface area contributed by atoms with Crippen LogP contribution in [-0.4, -0.2) is 44.9 Å². The number of aliphatic carboxylic acids is 1. The number of amides is 1. The lowest BCUT2D eigenvalue weighted by atomic mass is 10.1. The van der Waals surface area contributed by atoms with Crippen LogP contribution in [0.3, 0.4) is 0 Å². The normalized spacial score (nSPS) is 12.3. The summed E-state index contributed by atoms with van der Waals surface area (Å²) < 4.78 is 0. The minimum Gasteiger partial charge on any atom is -0.480 e. The number of nitrogens with one attached hydrogen (secondary N) is 2. The molecule has 0 fully saturated rings. The summed E-state index contributed by atoms with van der Waals surface area (Å²) in [6, 6.07) is 4.78. The Hall–Kier alpha value is -2.57. The quantitative estimate of drug-likeness (QED) is 0.743. The second-order valence-corrected chi connectivity index (χ2v) is 5.33. The van der Waals surface area contributed by atoms with Crippen LogP contribution in [0.15, 0.2) is 23.0 Å². The Labute approximate surface area is 127 Å². The average molecular weight is 305 g/mol. The molecular weight excluding hydrogens is 286 g/mol. The summed E-state index contributed by atoms with van der Waals surface area (Å²) >= 11 is 0. The summed E-state index contributed by atoms with van der Waals surface area (Å²) in [7, 11) is 1.50. The standard InChI is InChI=1S/C15H19N3O4/c1-9(14(20)21)18(2)13(19)5-3-4-10-6-7-11-12(8-10)17-15(22)16-11/h6-9H,3-5H2,1-2H3,(H,20,21)(H2,16,17,22). The molecule has 2 aromatic rings. The van der Waals surface area contributed by atoms with E-state index in [4.69, 9.17) is 5.11 Å². The van der Waals surface area contributed by atoms with E-state index in [1.54, 1.807) is 0 Å². The lowest BCUT2D eigenvalue weighted by Crippen LogP contribution is -2.40. The third-order valence-electron chi connectivity index (χ3n) is 3.77. The minimum absolute atomic E-state index is 0.189. The first kappa shape index (κ1) is 15.8. The van der Waals surface area contributed by atoms with Crippen molar-refractivity contribution in [2.75, 3.05) is 7.05 Å². The highest BCUT2D eigenvalue weighted by Gasteiger charge is 2.20. The first-order valence-electron chi connectivity index (χ1n) is 7.08. The molecule has 1 atom stereocenters. The van der Waals surface area contributed by atoms with Crippen LogP contribution in [0.4, 0.5) is 0 Å². The Balaban J connectivity index is 1.90. The second kappa shape index (κ2) is 6.46. The van der Waals surface area contributed by atoms with Gasteiger partial charge in [0.15, 0.2) is 0 Å². The molecule has 0 saturated heterocycles. The van der Waals surface area contributed by atoms with Gasteiger partial charge in [0.2, 0.25) is 5.91 Å². The highest BCUT2D eigenvalue weighted by atomic mass is 16.4. The van der Waals surface area contributed by atoms with Crippen LogP contribution in [-0.2, 0) is 16.0 Å². The van der Waals surface area contributed by atoms with Gasteiger partial charge in [-0.15, -0.1) is 0 Å². The van der Waals surface area contributed by atoms with Crippen molar-refractivity contribution in [1.29, 1.82) is 0 Å². The number of nitrogens with zero attached hydrogens (tertiary/aromatic N) is 1. The van der Waals surface area contributed by atoms with E-state index in [2.05, 4.69) is 9.97 Å². The smallest absolute Gasteiger partial charge is 0.326 e. The zero-order valence-electron chi connectivity index (χ0n) is 12.5. The van der Waals surface area contributed by atoms with Crippen LogP contribution in [0.1, 0.15) is 25.3 Å². The number of aromatic amines is 2. The number of likely N-dealkylation sites (N-methyl/N-ethyl adjacent to an activating group) is 1. The molecule has 1 unspecified atom stereocenters. The van der Waals surface area contributed by atoms with Crippen molar-refractivity contribution >= 4 is 22.9 Å². The number of H-pyrrole nitrogens is 2. The summed E-state index contributed by atoms with van der Waals surface area (Å²) in [6.45, 7) is 1.48. The van der Waals surface area contributed by atoms with Crippen molar-refractivity contribution in [1.82, 2.24) is 14.9 Å².